The highest BCUT2D eigenvalue weighted by Gasteiger charge is 2.36. The number of aliphatic hydroxyl groups excluding tert-OH is 1. The van der Waals surface area contributed by atoms with Gasteiger partial charge in [-0.2, -0.15) is 0 Å². The molecule has 0 aliphatic heterocycles. The maximum absolute atomic E-state index is 14.3. The summed E-state index contributed by atoms with van der Waals surface area (Å²) >= 11 is 0. The number of hydrogen-bond acceptors (Lipinski definition) is 14. The molecule has 0 aliphatic rings. The van der Waals surface area contributed by atoms with E-state index in [9.17, 15) is 53.1 Å². The molecule has 1 aromatic carbocycles. The Kier molecular flexibility index (Phi) is 30.4. The number of aliphatic hydroxyl groups is 1. The molecule has 69 heavy (non-hydrogen) atoms. The van der Waals surface area contributed by atoms with E-state index < -0.39 is 115 Å². The normalized spacial score (nSPS) is 14.8. The fourth-order valence-corrected chi connectivity index (χ4v) is 8.77. The van der Waals surface area contributed by atoms with Crippen molar-refractivity contribution in [1.82, 2.24) is 0 Å². The maximum Gasteiger partial charge on any atom is 0.218 e. The van der Waals surface area contributed by atoms with E-state index >= 15 is 0 Å². The van der Waals surface area contributed by atoms with Crippen LogP contribution in [-0.4, -0.2) is 94.9 Å². The lowest BCUT2D eigenvalue weighted by molar-refractivity contribution is -0.137. The fourth-order valence-electron chi connectivity index (χ4n) is 8.77. The van der Waals surface area contributed by atoms with Crippen LogP contribution in [0.1, 0.15) is 148 Å². The average Bonchev–Trinajstić information content (AvgIpc) is 3.27. The van der Waals surface area contributed by atoms with E-state index in [-0.39, 0.29) is 87.0 Å². The average molecular weight is 968 g/mol. The van der Waals surface area contributed by atoms with Gasteiger partial charge in [0.05, 0.1) is 6.10 Å². The van der Waals surface area contributed by atoms with Crippen molar-refractivity contribution in [3.63, 3.8) is 0 Å². The number of hydrogen-bond donors (Lipinski definition) is 7. The second kappa shape index (κ2) is 34.0. The minimum Gasteiger partial charge on any atom is -0.393 e. The van der Waals surface area contributed by atoms with Gasteiger partial charge in [-0.15, -0.1) is 0 Å². The van der Waals surface area contributed by atoms with Gasteiger partial charge >= 0.3 is 0 Å². The van der Waals surface area contributed by atoms with Crippen LogP contribution in [0.5, 0.6) is 0 Å². The number of primary amides is 2. The molecule has 0 aliphatic carbocycles. The standard InChI is InChI=1S/C51H81N7O11/c1-4-13-41(61)23-35(16-8-10-19-52)43(62)24-37(18-12-21-58-51(56)57)44(63)27-39(29-49(54)68)47(66)28-40(30-50(55)69)46(65)26-38(22-34-14-6-5-7-15-34)45(64)25-36(17-9-11-20-53)48(67)31-42(32(2)59)33(3)60/h5-7,14-15,32,35-40,42,59H,4,8-13,16-31,52-53H2,1-3H3,(H2,54,68)(H2,55,69)(H4,56,57,58). The maximum atomic E-state index is 14.3. The van der Waals surface area contributed by atoms with E-state index in [1.165, 1.54) is 13.8 Å². The predicted molar refractivity (Wildman–Crippen MR) is 263 cm³/mol. The topological polar surface area (TPSA) is 359 Å². The molecule has 13 N–H and O–H groups in total. The van der Waals surface area contributed by atoms with Crippen molar-refractivity contribution >= 4 is 64.0 Å². The van der Waals surface area contributed by atoms with Gasteiger partial charge in [-0.1, -0.05) is 50.1 Å². The molecule has 0 spiro atoms. The lowest BCUT2D eigenvalue weighted by Gasteiger charge is -2.24. The smallest absolute Gasteiger partial charge is 0.218 e. The van der Waals surface area contributed by atoms with Gasteiger partial charge in [0.25, 0.3) is 0 Å². The van der Waals surface area contributed by atoms with Crippen LogP contribution in [-0.2, 0) is 54.4 Å². The zero-order chi connectivity index (χ0) is 52.1. The summed E-state index contributed by atoms with van der Waals surface area (Å²) in [6.07, 6.45) is -0.296. The number of unbranched alkanes of at least 4 members (excludes halogenated alkanes) is 2. The Morgan fingerprint density at radius 1 is 0.536 bits per heavy atom. The molecular formula is C51H81N7O11. The third kappa shape index (κ3) is 25.7. The number of aliphatic imine (C=N–C) groups is 1. The van der Waals surface area contributed by atoms with Gasteiger partial charge in [-0.05, 0) is 83.9 Å². The molecular weight excluding hydrogens is 887 g/mol. The predicted octanol–water partition coefficient (Wildman–Crippen LogP) is 3.09. The first kappa shape index (κ1) is 61.7. The summed E-state index contributed by atoms with van der Waals surface area (Å²) < 4.78 is 0. The summed E-state index contributed by atoms with van der Waals surface area (Å²) in [6.45, 7) is 5.44. The highest BCUT2D eigenvalue weighted by Crippen LogP contribution is 2.30. The zero-order valence-corrected chi connectivity index (χ0v) is 41.2. The van der Waals surface area contributed by atoms with Crippen LogP contribution in [0.25, 0.3) is 0 Å². The van der Waals surface area contributed by atoms with Crippen molar-refractivity contribution in [2.45, 2.75) is 155 Å². The third-order valence-corrected chi connectivity index (χ3v) is 12.7. The third-order valence-electron chi connectivity index (χ3n) is 12.7. The highest BCUT2D eigenvalue weighted by molar-refractivity contribution is 5.99. The fraction of sp³-hybridized carbons (Fsp3) is 0.667. The Morgan fingerprint density at radius 3 is 1.36 bits per heavy atom. The molecule has 2 amide bonds. The molecule has 1 aromatic rings. The molecule has 0 heterocycles. The molecule has 0 fully saturated rings. The molecule has 8 unspecified atom stereocenters. The van der Waals surface area contributed by atoms with E-state index in [0.29, 0.717) is 63.6 Å². The number of carbonyl (C=O) groups is 10. The summed E-state index contributed by atoms with van der Waals surface area (Å²) in [6, 6.07) is 8.81. The first-order valence-electron chi connectivity index (χ1n) is 24.6. The van der Waals surface area contributed by atoms with E-state index in [1.54, 1.807) is 30.3 Å². The van der Waals surface area contributed by atoms with Crippen LogP contribution >= 0.6 is 0 Å². The molecule has 0 saturated heterocycles. The number of Topliss-reactive ketones (excluding diaryl/α,β-unsaturated/α-hetero) is 8. The molecule has 18 heteroatoms. The zero-order valence-electron chi connectivity index (χ0n) is 41.2. The Balaban J connectivity index is 3.56. The summed E-state index contributed by atoms with van der Waals surface area (Å²) in [5, 5.41) is 10.2. The summed E-state index contributed by atoms with van der Waals surface area (Å²) in [7, 11) is 0. The van der Waals surface area contributed by atoms with Crippen molar-refractivity contribution < 1.29 is 53.1 Å². The van der Waals surface area contributed by atoms with Gasteiger partial charge in [-0.25, -0.2) is 0 Å². The van der Waals surface area contributed by atoms with Crippen molar-refractivity contribution in [2.24, 2.45) is 80.8 Å². The summed E-state index contributed by atoms with van der Waals surface area (Å²) in [4.78, 5) is 138. The summed E-state index contributed by atoms with van der Waals surface area (Å²) in [5.41, 5.74) is 34.3. The SMILES string of the molecule is CCCC(=O)CC(CCCCN)C(=O)CC(CCCN=C(N)N)C(=O)CC(CC(N)=O)C(=O)CC(CC(N)=O)C(=O)CC(Cc1ccccc1)C(=O)CC(CCCCN)C(=O)CC(C(C)=O)C(C)O. The van der Waals surface area contributed by atoms with Gasteiger partial charge in [0.2, 0.25) is 11.8 Å². The van der Waals surface area contributed by atoms with Crippen LogP contribution in [0.3, 0.4) is 0 Å². The number of benzene rings is 1. The van der Waals surface area contributed by atoms with Crippen LogP contribution in [0.2, 0.25) is 0 Å². The molecule has 0 saturated carbocycles. The summed E-state index contributed by atoms with van der Waals surface area (Å²) in [5.74, 6) is -12.6. The van der Waals surface area contributed by atoms with E-state index in [4.69, 9.17) is 34.4 Å². The van der Waals surface area contributed by atoms with E-state index in [2.05, 4.69) is 4.99 Å². The molecule has 386 valence electrons. The Morgan fingerprint density at radius 2 is 0.942 bits per heavy atom. The van der Waals surface area contributed by atoms with Crippen LogP contribution < -0.4 is 34.4 Å². The largest absolute Gasteiger partial charge is 0.393 e. The van der Waals surface area contributed by atoms with Crippen molar-refractivity contribution in [3.05, 3.63) is 35.9 Å². The number of carbonyl (C=O) groups excluding carboxylic acids is 10. The lowest BCUT2D eigenvalue weighted by atomic mass is 9.77. The Hall–Kier alpha value is -5.33. The molecule has 0 aromatic heterocycles. The Labute approximate surface area is 407 Å². The number of nitrogens with two attached hydrogens (primary N) is 6. The highest BCUT2D eigenvalue weighted by atomic mass is 16.3. The number of rotatable bonds is 42. The van der Waals surface area contributed by atoms with Crippen molar-refractivity contribution in [2.75, 3.05) is 19.6 Å². The second-order valence-corrected chi connectivity index (χ2v) is 18.7. The number of nitrogens with zero attached hydrogens (tertiary/aromatic N) is 1. The van der Waals surface area contributed by atoms with Gasteiger partial charge in [0.1, 0.15) is 46.3 Å². The lowest BCUT2D eigenvalue weighted by Crippen LogP contribution is -2.34. The minimum absolute atomic E-state index is 0.0149. The number of amides is 2. The first-order chi connectivity index (χ1) is 32.6. The van der Waals surface area contributed by atoms with Crippen molar-refractivity contribution in [3.8, 4) is 0 Å². The van der Waals surface area contributed by atoms with Crippen LogP contribution in [0.15, 0.2) is 35.3 Å². The van der Waals surface area contributed by atoms with Gasteiger partial charge in [0.15, 0.2) is 5.96 Å². The van der Waals surface area contributed by atoms with Gasteiger partial charge in [-0.3, -0.25) is 52.9 Å². The van der Waals surface area contributed by atoms with Crippen LogP contribution in [0, 0.1) is 41.4 Å². The minimum atomic E-state index is -1.36. The molecule has 8 atom stereocenters. The second-order valence-electron chi connectivity index (χ2n) is 18.7. The van der Waals surface area contributed by atoms with E-state index in [1.807, 2.05) is 6.92 Å². The quantitative estimate of drug-likeness (QED) is 0.0281. The Bertz CT molecular complexity index is 1880. The molecule has 0 radical (unpaired) electrons. The first-order valence-corrected chi connectivity index (χ1v) is 24.6. The van der Waals surface area contributed by atoms with E-state index in [0.717, 1.165) is 0 Å². The molecule has 1 rings (SSSR count). The van der Waals surface area contributed by atoms with Gasteiger partial charge < -0.3 is 39.5 Å². The van der Waals surface area contributed by atoms with Gasteiger partial charge in [0, 0.05) is 112 Å². The monoisotopic (exact) mass is 968 g/mol. The number of guanidine groups is 1. The molecule has 18 nitrogen and oxygen atoms in total. The number of ketones is 8. The van der Waals surface area contributed by atoms with Crippen LogP contribution in [0.4, 0.5) is 0 Å². The molecule has 0 bridgehead atoms. The van der Waals surface area contributed by atoms with Crippen molar-refractivity contribution in [1.29, 1.82) is 0 Å².